The number of fused-ring (bicyclic) bond motifs is 5. The van der Waals surface area contributed by atoms with E-state index in [0.717, 1.165) is 48.3 Å². The normalized spacial score (nSPS) is 44.3. The van der Waals surface area contributed by atoms with Gasteiger partial charge in [-0.2, -0.15) is 0 Å². The molecule has 0 radical (unpaired) electrons. The fourth-order valence-electron chi connectivity index (χ4n) is 9.12. The third kappa shape index (κ3) is 3.65. The summed E-state index contributed by atoms with van der Waals surface area (Å²) in [5.41, 5.74) is 2.41. The summed E-state index contributed by atoms with van der Waals surface area (Å²) in [6.07, 6.45) is 16.8. The Morgan fingerprint density at radius 2 is 1.80 bits per heavy atom. The highest BCUT2D eigenvalue weighted by atomic mass is 16.1. The van der Waals surface area contributed by atoms with E-state index >= 15 is 0 Å². The van der Waals surface area contributed by atoms with Crippen molar-refractivity contribution in [1.82, 2.24) is 0 Å². The Bertz CT molecular complexity index is 674. The van der Waals surface area contributed by atoms with E-state index in [1.165, 1.54) is 63.4 Å². The standard InChI is InChI=1S/C29H48O/c1-7-21-18-29(6)22(17-27(21)30)11-12-23-25-14-13-24(20(4)10-8-9-19(2)3)28(25,5)16-15-26(23)29/h17,19-21,23-26H,7-16,18H2,1-6H3/t20-,21?,23+,24-,25+,26+,28-,29+/m1/s1. The van der Waals surface area contributed by atoms with E-state index in [0.29, 0.717) is 16.6 Å². The molecule has 0 heterocycles. The van der Waals surface area contributed by atoms with Crippen LogP contribution in [-0.2, 0) is 4.79 Å². The van der Waals surface area contributed by atoms with E-state index < -0.39 is 0 Å². The van der Waals surface area contributed by atoms with Crippen molar-refractivity contribution in [1.29, 1.82) is 0 Å². The summed E-state index contributed by atoms with van der Waals surface area (Å²) >= 11 is 0. The van der Waals surface area contributed by atoms with Crippen LogP contribution in [0.25, 0.3) is 0 Å². The molecule has 0 spiro atoms. The minimum Gasteiger partial charge on any atom is -0.295 e. The summed E-state index contributed by atoms with van der Waals surface area (Å²) in [5, 5.41) is 0. The fourth-order valence-corrected chi connectivity index (χ4v) is 9.12. The van der Waals surface area contributed by atoms with Crippen LogP contribution in [0, 0.1) is 52.3 Å². The molecule has 0 aromatic heterocycles. The third-order valence-electron chi connectivity index (χ3n) is 10.8. The number of carbonyl (C=O) groups excluding carboxylic acids is 1. The molecule has 0 amide bonds. The number of allylic oxidation sites excluding steroid dienone is 1. The third-order valence-corrected chi connectivity index (χ3v) is 10.8. The van der Waals surface area contributed by atoms with E-state index in [1.54, 1.807) is 0 Å². The Morgan fingerprint density at radius 3 is 2.50 bits per heavy atom. The molecule has 0 aromatic rings. The van der Waals surface area contributed by atoms with Gasteiger partial charge in [0.05, 0.1) is 0 Å². The molecule has 4 rings (SSSR count). The Labute approximate surface area is 186 Å². The summed E-state index contributed by atoms with van der Waals surface area (Å²) < 4.78 is 0. The molecule has 1 heteroatoms. The van der Waals surface area contributed by atoms with Gasteiger partial charge in [0.2, 0.25) is 0 Å². The van der Waals surface area contributed by atoms with Crippen LogP contribution in [0.3, 0.4) is 0 Å². The molecule has 3 saturated carbocycles. The predicted molar refractivity (Wildman–Crippen MR) is 127 cm³/mol. The first kappa shape index (κ1) is 22.6. The van der Waals surface area contributed by atoms with Crippen LogP contribution in [0.4, 0.5) is 0 Å². The second-order valence-corrected chi connectivity index (χ2v) is 12.7. The molecule has 1 unspecified atom stereocenters. The lowest BCUT2D eigenvalue weighted by atomic mass is 9.45. The van der Waals surface area contributed by atoms with E-state index in [-0.39, 0.29) is 5.92 Å². The van der Waals surface area contributed by atoms with E-state index in [1.807, 2.05) is 0 Å². The van der Waals surface area contributed by atoms with Gasteiger partial charge in [0, 0.05) is 5.92 Å². The van der Waals surface area contributed by atoms with Crippen molar-refractivity contribution >= 4 is 5.78 Å². The average Bonchev–Trinajstić information content (AvgIpc) is 3.05. The topological polar surface area (TPSA) is 17.1 Å². The maximum atomic E-state index is 12.6. The first-order valence-electron chi connectivity index (χ1n) is 13.5. The SMILES string of the molecule is CCC1C[C@@]2(C)C(=CC1=O)CC[C@H]1[C@@H]3CC[C@H]([C@H](C)CCCC(C)C)[C@@]3(C)CC[C@@H]12. The van der Waals surface area contributed by atoms with Gasteiger partial charge in [0.25, 0.3) is 0 Å². The van der Waals surface area contributed by atoms with E-state index in [2.05, 4.69) is 47.6 Å². The molecule has 4 aliphatic rings. The lowest BCUT2D eigenvalue weighted by Crippen LogP contribution is -2.51. The van der Waals surface area contributed by atoms with Gasteiger partial charge in [-0.05, 0) is 104 Å². The lowest BCUT2D eigenvalue weighted by Gasteiger charge is -2.59. The van der Waals surface area contributed by atoms with Crippen LogP contribution in [0.5, 0.6) is 0 Å². The van der Waals surface area contributed by atoms with Crippen molar-refractivity contribution < 1.29 is 4.79 Å². The monoisotopic (exact) mass is 412 g/mol. The van der Waals surface area contributed by atoms with E-state index in [4.69, 9.17) is 0 Å². The van der Waals surface area contributed by atoms with E-state index in [9.17, 15) is 4.79 Å². The summed E-state index contributed by atoms with van der Waals surface area (Å²) in [4.78, 5) is 12.6. The maximum Gasteiger partial charge on any atom is 0.158 e. The predicted octanol–water partition coefficient (Wildman–Crippen LogP) is 8.23. The van der Waals surface area contributed by atoms with Gasteiger partial charge in [-0.15, -0.1) is 0 Å². The Kier molecular flexibility index (Phi) is 6.33. The Hall–Kier alpha value is -0.590. The first-order chi connectivity index (χ1) is 14.2. The highest BCUT2D eigenvalue weighted by molar-refractivity contribution is 5.93. The number of hydrogen-bond donors (Lipinski definition) is 0. The highest BCUT2D eigenvalue weighted by Crippen LogP contribution is 2.68. The number of rotatable bonds is 6. The molecule has 0 saturated heterocycles. The molecule has 3 fully saturated rings. The van der Waals surface area contributed by atoms with Gasteiger partial charge in [0.1, 0.15) is 0 Å². The van der Waals surface area contributed by atoms with Crippen molar-refractivity contribution in [3.63, 3.8) is 0 Å². The molecule has 4 aliphatic carbocycles. The quantitative estimate of drug-likeness (QED) is 0.429. The van der Waals surface area contributed by atoms with Crippen LogP contribution >= 0.6 is 0 Å². The highest BCUT2D eigenvalue weighted by Gasteiger charge is 2.59. The van der Waals surface area contributed by atoms with Gasteiger partial charge in [-0.3, -0.25) is 4.79 Å². The van der Waals surface area contributed by atoms with Crippen LogP contribution < -0.4 is 0 Å². The second kappa shape index (κ2) is 8.40. The van der Waals surface area contributed by atoms with Crippen molar-refractivity contribution in [3.8, 4) is 0 Å². The minimum atomic E-state index is 0.281. The summed E-state index contributed by atoms with van der Waals surface area (Å²) in [7, 11) is 0. The zero-order chi connectivity index (χ0) is 21.7. The van der Waals surface area contributed by atoms with Gasteiger partial charge in [0.15, 0.2) is 5.78 Å². The first-order valence-corrected chi connectivity index (χ1v) is 13.5. The second-order valence-electron chi connectivity index (χ2n) is 12.7. The number of ketones is 1. The lowest BCUT2D eigenvalue weighted by molar-refractivity contribution is -0.123. The van der Waals surface area contributed by atoms with Gasteiger partial charge in [-0.1, -0.05) is 66.4 Å². The smallest absolute Gasteiger partial charge is 0.158 e. The Balaban J connectivity index is 1.51. The van der Waals surface area contributed by atoms with Crippen molar-refractivity contribution in [2.45, 2.75) is 112 Å². The maximum absolute atomic E-state index is 12.6. The molecular formula is C29H48O. The molecule has 0 aliphatic heterocycles. The summed E-state index contributed by atoms with van der Waals surface area (Å²) in [5.74, 6) is 6.06. The minimum absolute atomic E-state index is 0.281. The molecule has 0 aromatic carbocycles. The van der Waals surface area contributed by atoms with Crippen molar-refractivity contribution in [2.75, 3.05) is 0 Å². The molecular weight excluding hydrogens is 364 g/mol. The average molecular weight is 413 g/mol. The number of carbonyl (C=O) groups is 1. The zero-order valence-corrected chi connectivity index (χ0v) is 20.8. The van der Waals surface area contributed by atoms with Crippen LogP contribution in [0.2, 0.25) is 0 Å². The summed E-state index contributed by atoms with van der Waals surface area (Å²) in [6.45, 7) is 14.8. The molecule has 8 atom stereocenters. The molecule has 1 nitrogen and oxygen atoms in total. The molecule has 30 heavy (non-hydrogen) atoms. The van der Waals surface area contributed by atoms with Gasteiger partial charge >= 0.3 is 0 Å². The van der Waals surface area contributed by atoms with Crippen LogP contribution in [-0.4, -0.2) is 5.78 Å². The van der Waals surface area contributed by atoms with Crippen LogP contribution in [0.1, 0.15) is 112 Å². The fraction of sp³-hybridized carbons (Fsp3) is 0.897. The van der Waals surface area contributed by atoms with Crippen LogP contribution in [0.15, 0.2) is 11.6 Å². The molecule has 170 valence electrons. The van der Waals surface area contributed by atoms with Crippen molar-refractivity contribution in [3.05, 3.63) is 11.6 Å². The molecule has 0 bridgehead atoms. The Morgan fingerprint density at radius 1 is 1.03 bits per heavy atom. The van der Waals surface area contributed by atoms with Gasteiger partial charge in [-0.25, -0.2) is 0 Å². The van der Waals surface area contributed by atoms with Crippen molar-refractivity contribution in [2.24, 2.45) is 52.3 Å². The largest absolute Gasteiger partial charge is 0.295 e. The number of hydrogen-bond acceptors (Lipinski definition) is 1. The summed E-state index contributed by atoms with van der Waals surface area (Å²) in [6, 6.07) is 0. The molecule has 0 N–H and O–H groups in total. The van der Waals surface area contributed by atoms with Gasteiger partial charge < -0.3 is 0 Å². The zero-order valence-electron chi connectivity index (χ0n) is 20.8.